The number of carbonyl (C=O) groups is 2. The first kappa shape index (κ1) is 13.3. The van der Waals surface area contributed by atoms with Gasteiger partial charge in [-0.25, -0.2) is 9.78 Å². The molecular weight excluding hydrogens is 250 g/mol. The first-order valence-electron chi connectivity index (χ1n) is 6.17. The van der Waals surface area contributed by atoms with Gasteiger partial charge in [-0.1, -0.05) is 6.92 Å². The highest BCUT2D eigenvalue weighted by atomic mass is 16.4. The molecule has 8 nitrogen and oxygen atoms in total. The Bertz CT molecular complexity index is 441. The standard InChI is InChI=1S/C11H17N5O3/c1-7(10(17)18)8-4-16(5-8)11(19)12-3-2-9-13-6-14-15-9/h6-8H,2-5H2,1H3,(H,12,19)(H,17,18)(H,13,14,15). The predicted octanol–water partition coefficient (Wildman–Crippen LogP) is -0.291. The first-order valence-corrected chi connectivity index (χ1v) is 6.17. The summed E-state index contributed by atoms with van der Waals surface area (Å²) in [4.78, 5) is 28.1. The van der Waals surface area contributed by atoms with Gasteiger partial charge in [-0.2, -0.15) is 5.10 Å². The van der Waals surface area contributed by atoms with E-state index in [0.29, 0.717) is 26.1 Å². The molecule has 2 heterocycles. The van der Waals surface area contributed by atoms with Gasteiger partial charge in [-0.15, -0.1) is 0 Å². The van der Waals surface area contributed by atoms with E-state index >= 15 is 0 Å². The molecule has 0 aliphatic carbocycles. The Kier molecular flexibility index (Phi) is 3.98. The number of carbonyl (C=O) groups excluding carboxylic acids is 1. The van der Waals surface area contributed by atoms with Crippen LogP contribution in [0, 0.1) is 11.8 Å². The fourth-order valence-electron chi connectivity index (χ4n) is 1.95. The molecule has 0 bridgehead atoms. The second kappa shape index (κ2) is 5.68. The molecule has 0 aromatic carbocycles. The van der Waals surface area contributed by atoms with Crippen LogP contribution in [0.1, 0.15) is 12.7 Å². The Morgan fingerprint density at radius 3 is 2.95 bits per heavy atom. The van der Waals surface area contributed by atoms with Crippen molar-refractivity contribution in [2.24, 2.45) is 11.8 Å². The molecule has 1 saturated heterocycles. The SMILES string of the molecule is CC(C(=O)O)C1CN(C(=O)NCCc2ncn[nH]2)C1. The van der Waals surface area contributed by atoms with Gasteiger partial charge in [0, 0.05) is 32.0 Å². The number of nitrogens with zero attached hydrogens (tertiary/aromatic N) is 3. The minimum atomic E-state index is -0.810. The zero-order chi connectivity index (χ0) is 13.8. The van der Waals surface area contributed by atoms with Crippen LogP contribution in [0.4, 0.5) is 4.79 Å². The lowest BCUT2D eigenvalue weighted by Gasteiger charge is -2.41. The molecule has 2 amide bonds. The molecule has 0 radical (unpaired) electrons. The van der Waals surface area contributed by atoms with Gasteiger partial charge in [0.1, 0.15) is 12.2 Å². The molecule has 8 heteroatoms. The third kappa shape index (κ3) is 3.21. The Labute approximate surface area is 110 Å². The van der Waals surface area contributed by atoms with E-state index in [9.17, 15) is 9.59 Å². The van der Waals surface area contributed by atoms with Gasteiger partial charge in [0.2, 0.25) is 0 Å². The topological polar surface area (TPSA) is 111 Å². The largest absolute Gasteiger partial charge is 0.481 e. The molecule has 0 spiro atoms. The number of nitrogens with one attached hydrogen (secondary N) is 2. The van der Waals surface area contributed by atoms with Crippen LogP contribution in [0.5, 0.6) is 0 Å². The normalized spacial score (nSPS) is 16.8. The zero-order valence-electron chi connectivity index (χ0n) is 10.7. The van der Waals surface area contributed by atoms with Gasteiger partial charge in [0.15, 0.2) is 0 Å². The van der Waals surface area contributed by atoms with E-state index in [1.807, 2.05) is 0 Å². The molecule has 104 valence electrons. The molecule has 2 rings (SSSR count). The van der Waals surface area contributed by atoms with E-state index < -0.39 is 11.9 Å². The quantitative estimate of drug-likeness (QED) is 0.678. The summed E-state index contributed by atoms with van der Waals surface area (Å²) in [5.41, 5.74) is 0. The highest BCUT2D eigenvalue weighted by molar-refractivity contribution is 5.76. The minimum absolute atomic E-state index is 0.0533. The van der Waals surface area contributed by atoms with Crippen LogP contribution in [0.2, 0.25) is 0 Å². The van der Waals surface area contributed by atoms with E-state index in [0.717, 1.165) is 5.82 Å². The maximum absolute atomic E-state index is 11.7. The third-order valence-electron chi connectivity index (χ3n) is 3.40. The molecule has 1 fully saturated rings. The van der Waals surface area contributed by atoms with Crippen molar-refractivity contribution in [3.63, 3.8) is 0 Å². The highest BCUT2D eigenvalue weighted by Gasteiger charge is 2.36. The van der Waals surface area contributed by atoms with E-state index in [-0.39, 0.29) is 11.9 Å². The molecule has 1 aliphatic heterocycles. The van der Waals surface area contributed by atoms with Crippen LogP contribution in [0.15, 0.2) is 6.33 Å². The van der Waals surface area contributed by atoms with Gasteiger partial charge in [-0.05, 0) is 0 Å². The predicted molar refractivity (Wildman–Crippen MR) is 65.3 cm³/mol. The van der Waals surface area contributed by atoms with Gasteiger partial charge in [0.05, 0.1) is 5.92 Å². The Morgan fingerprint density at radius 1 is 1.63 bits per heavy atom. The van der Waals surface area contributed by atoms with Crippen molar-refractivity contribution in [1.29, 1.82) is 0 Å². The molecule has 1 aromatic rings. The van der Waals surface area contributed by atoms with E-state index in [4.69, 9.17) is 5.11 Å². The highest BCUT2D eigenvalue weighted by Crippen LogP contribution is 2.23. The fraction of sp³-hybridized carbons (Fsp3) is 0.636. The summed E-state index contributed by atoms with van der Waals surface area (Å²) in [6, 6.07) is -0.159. The lowest BCUT2D eigenvalue weighted by Crippen LogP contribution is -2.56. The third-order valence-corrected chi connectivity index (χ3v) is 3.40. The second-order valence-corrected chi connectivity index (χ2v) is 4.71. The Balaban J connectivity index is 1.65. The van der Waals surface area contributed by atoms with Crippen molar-refractivity contribution in [3.8, 4) is 0 Å². The smallest absolute Gasteiger partial charge is 0.317 e. The summed E-state index contributed by atoms with van der Waals surface area (Å²) < 4.78 is 0. The number of H-pyrrole nitrogens is 1. The van der Waals surface area contributed by atoms with Crippen molar-refractivity contribution in [2.45, 2.75) is 13.3 Å². The minimum Gasteiger partial charge on any atom is -0.481 e. The number of rotatable bonds is 5. The second-order valence-electron chi connectivity index (χ2n) is 4.71. The van der Waals surface area contributed by atoms with Crippen LogP contribution in [0.25, 0.3) is 0 Å². The van der Waals surface area contributed by atoms with Crippen molar-refractivity contribution in [1.82, 2.24) is 25.4 Å². The number of aliphatic carboxylic acids is 1. The number of aromatic amines is 1. The molecular formula is C11H17N5O3. The van der Waals surface area contributed by atoms with E-state index in [1.165, 1.54) is 6.33 Å². The number of hydrogen-bond donors (Lipinski definition) is 3. The fourth-order valence-corrected chi connectivity index (χ4v) is 1.95. The number of aromatic nitrogens is 3. The summed E-state index contributed by atoms with van der Waals surface area (Å²) in [6.45, 7) is 3.15. The number of urea groups is 1. The van der Waals surface area contributed by atoms with Crippen molar-refractivity contribution in [3.05, 3.63) is 12.2 Å². The lowest BCUT2D eigenvalue weighted by molar-refractivity contribution is -0.144. The summed E-state index contributed by atoms with van der Waals surface area (Å²) in [5, 5.41) is 18.0. The summed E-state index contributed by atoms with van der Waals surface area (Å²) >= 11 is 0. The van der Waals surface area contributed by atoms with Gasteiger partial charge in [-0.3, -0.25) is 9.89 Å². The van der Waals surface area contributed by atoms with Gasteiger partial charge >= 0.3 is 12.0 Å². The summed E-state index contributed by atoms with van der Waals surface area (Å²) in [5.74, 6) is -0.438. The lowest BCUT2D eigenvalue weighted by atomic mass is 9.87. The number of amides is 2. The summed E-state index contributed by atoms with van der Waals surface area (Å²) in [6.07, 6.45) is 2.01. The maximum Gasteiger partial charge on any atom is 0.317 e. The van der Waals surface area contributed by atoms with Crippen LogP contribution in [0.3, 0.4) is 0 Å². The molecule has 1 atom stereocenters. The average Bonchev–Trinajstić information content (AvgIpc) is 2.79. The molecule has 1 unspecified atom stereocenters. The monoisotopic (exact) mass is 267 g/mol. The molecule has 1 aromatic heterocycles. The van der Waals surface area contributed by atoms with Crippen LogP contribution < -0.4 is 5.32 Å². The van der Waals surface area contributed by atoms with Crippen LogP contribution >= 0.6 is 0 Å². The van der Waals surface area contributed by atoms with Crippen LogP contribution in [-0.2, 0) is 11.2 Å². The molecule has 3 N–H and O–H groups in total. The van der Waals surface area contributed by atoms with Gasteiger partial charge in [0.25, 0.3) is 0 Å². The zero-order valence-corrected chi connectivity index (χ0v) is 10.7. The summed E-state index contributed by atoms with van der Waals surface area (Å²) in [7, 11) is 0. The first-order chi connectivity index (χ1) is 9.08. The molecule has 19 heavy (non-hydrogen) atoms. The van der Waals surface area contributed by atoms with Crippen molar-refractivity contribution >= 4 is 12.0 Å². The molecule has 0 saturated carbocycles. The maximum atomic E-state index is 11.7. The van der Waals surface area contributed by atoms with Crippen molar-refractivity contribution < 1.29 is 14.7 Å². The number of carboxylic acids is 1. The van der Waals surface area contributed by atoms with Crippen LogP contribution in [-0.4, -0.2) is 56.8 Å². The van der Waals surface area contributed by atoms with E-state index in [1.54, 1.807) is 11.8 Å². The number of hydrogen-bond acceptors (Lipinski definition) is 4. The number of likely N-dealkylation sites (tertiary alicyclic amines) is 1. The van der Waals surface area contributed by atoms with Crippen molar-refractivity contribution in [2.75, 3.05) is 19.6 Å². The number of carboxylic acid groups (broad SMARTS) is 1. The average molecular weight is 267 g/mol. The van der Waals surface area contributed by atoms with Gasteiger partial charge < -0.3 is 15.3 Å². The molecule has 1 aliphatic rings. The van der Waals surface area contributed by atoms with E-state index in [2.05, 4.69) is 20.5 Å². The Hall–Kier alpha value is -2.12. The Morgan fingerprint density at radius 2 is 2.37 bits per heavy atom.